The zero-order valence-corrected chi connectivity index (χ0v) is 11.1. The summed E-state index contributed by atoms with van der Waals surface area (Å²) >= 11 is 0. The van der Waals surface area contributed by atoms with Crippen molar-refractivity contribution < 1.29 is 9.47 Å². The lowest BCUT2D eigenvalue weighted by Crippen LogP contribution is -2.53. The highest BCUT2D eigenvalue weighted by atomic mass is 16.5. The molecule has 0 bridgehead atoms. The lowest BCUT2D eigenvalue weighted by atomic mass is 10.1. The average molecular weight is 230 g/mol. The number of nitrogens with one attached hydrogen (secondary N) is 1. The number of hydrogen-bond acceptors (Lipinski definition) is 4. The Kier molecular flexibility index (Phi) is 5.69. The number of ether oxygens (including phenoxy) is 2. The van der Waals surface area contributed by atoms with Gasteiger partial charge < -0.3 is 14.8 Å². The number of morpholine rings is 1. The zero-order valence-electron chi connectivity index (χ0n) is 11.1. The number of hydrogen-bond donors (Lipinski definition) is 1. The van der Waals surface area contributed by atoms with Gasteiger partial charge in [0.25, 0.3) is 0 Å². The molecule has 0 saturated carbocycles. The molecular formula is C12H26N2O2. The second kappa shape index (κ2) is 6.55. The van der Waals surface area contributed by atoms with Gasteiger partial charge in [-0.05, 0) is 20.8 Å². The topological polar surface area (TPSA) is 33.7 Å². The van der Waals surface area contributed by atoms with Gasteiger partial charge in [0.2, 0.25) is 0 Å². The third-order valence-electron chi connectivity index (χ3n) is 2.73. The molecule has 1 saturated heterocycles. The van der Waals surface area contributed by atoms with Crippen molar-refractivity contribution in [3.8, 4) is 0 Å². The predicted molar refractivity (Wildman–Crippen MR) is 65.8 cm³/mol. The lowest BCUT2D eigenvalue weighted by Gasteiger charge is -2.41. The molecular weight excluding hydrogens is 204 g/mol. The molecule has 1 heterocycles. The minimum atomic E-state index is -0.00973. The lowest BCUT2D eigenvalue weighted by molar-refractivity contribution is -0.128. The van der Waals surface area contributed by atoms with E-state index in [4.69, 9.17) is 9.47 Å². The molecule has 0 aromatic heterocycles. The first kappa shape index (κ1) is 13.9. The maximum absolute atomic E-state index is 5.87. The van der Waals surface area contributed by atoms with Gasteiger partial charge in [0.1, 0.15) is 0 Å². The zero-order chi connectivity index (χ0) is 12.0. The first-order valence-electron chi connectivity index (χ1n) is 6.13. The Morgan fingerprint density at radius 3 is 2.81 bits per heavy atom. The number of rotatable bonds is 6. The van der Waals surface area contributed by atoms with Crippen LogP contribution in [0.1, 0.15) is 20.8 Å². The van der Waals surface area contributed by atoms with Crippen molar-refractivity contribution in [2.45, 2.75) is 32.5 Å². The molecule has 1 fully saturated rings. The summed E-state index contributed by atoms with van der Waals surface area (Å²) in [6.07, 6.45) is 0.336. The Morgan fingerprint density at radius 1 is 1.44 bits per heavy atom. The fraction of sp³-hybridized carbons (Fsp3) is 1.00. The highest BCUT2D eigenvalue weighted by Crippen LogP contribution is 2.19. The Bertz CT molecular complexity index is 197. The second-order valence-corrected chi connectivity index (χ2v) is 5.17. The fourth-order valence-corrected chi connectivity index (χ4v) is 2.29. The Hall–Kier alpha value is -0.160. The van der Waals surface area contributed by atoms with E-state index in [1.165, 1.54) is 0 Å². The standard InChI is InChI=1S/C12H26N2O2/c1-11-9-14(10-12(2,3)16-11)7-5-13-6-8-15-4/h11,13H,5-10H2,1-4H3. The molecule has 1 N–H and O–H groups in total. The summed E-state index contributed by atoms with van der Waals surface area (Å²) in [5.41, 5.74) is -0.00973. The van der Waals surface area contributed by atoms with Crippen molar-refractivity contribution in [1.29, 1.82) is 0 Å². The SMILES string of the molecule is COCCNCCN1CC(C)OC(C)(C)C1. The van der Waals surface area contributed by atoms with Crippen molar-refractivity contribution in [2.75, 3.05) is 46.4 Å². The van der Waals surface area contributed by atoms with Gasteiger partial charge in [0, 0.05) is 39.8 Å². The van der Waals surface area contributed by atoms with E-state index >= 15 is 0 Å². The summed E-state index contributed by atoms with van der Waals surface area (Å²) in [6, 6.07) is 0. The molecule has 96 valence electrons. The Morgan fingerprint density at radius 2 is 2.19 bits per heavy atom. The van der Waals surface area contributed by atoms with E-state index in [2.05, 4.69) is 31.0 Å². The molecule has 0 spiro atoms. The molecule has 1 aliphatic heterocycles. The predicted octanol–water partition coefficient (Wildman–Crippen LogP) is 0.722. The van der Waals surface area contributed by atoms with E-state index < -0.39 is 0 Å². The van der Waals surface area contributed by atoms with Crippen molar-refractivity contribution in [1.82, 2.24) is 10.2 Å². The maximum atomic E-state index is 5.87. The molecule has 1 atom stereocenters. The molecule has 1 aliphatic rings. The normalized spacial score (nSPS) is 25.9. The molecule has 0 aliphatic carbocycles. The summed E-state index contributed by atoms with van der Waals surface area (Å²) in [4.78, 5) is 2.47. The minimum Gasteiger partial charge on any atom is -0.383 e. The minimum absolute atomic E-state index is 0.00973. The molecule has 16 heavy (non-hydrogen) atoms. The van der Waals surface area contributed by atoms with Crippen molar-refractivity contribution in [3.05, 3.63) is 0 Å². The van der Waals surface area contributed by atoms with E-state index in [0.717, 1.165) is 39.3 Å². The van der Waals surface area contributed by atoms with Crippen molar-refractivity contribution in [3.63, 3.8) is 0 Å². The molecule has 0 aromatic rings. The van der Waals surface area contributed by atoms with Gasteiger partial charge in [-0.1, -0.05) is 0 Å². The largest absolute Gasteiger partial charge is 0.383 e. The van der Waals surface area contributed by atoms with Gasteiger partial charge in [0.15, 0.2) is 0 Å². The van der Waals surface area contributed by atoms with Crippen LogP contribution in [0.25, 0.3) is 0 Å². The molecule has 4 heteroatoms. The molecule has 1 unspecified atom stereocenters. The van der Waals surface area contributed by atoms with Crippen LogP contribution in [0.2, 0.25) is 0 Å². The van der Waals surface area contributed by atoms with Crippen LogP contribution in [0.5, 0.6) is 0 Å². The first-order valence-corrected chi connectivity index (χ1v) is 6.13. The first-order chi connectivity index (χ1) is 7.53. The van der Waals surface area contributed by atoms with Crippen molar-refractivity contribution >= 4 is 0 Å². The monoisotopic (exact) mass is 230 g/mol. The van der Waals surface area contributed by atoms with Crippen LogP contribution in [-0.2, 0) is 9.47 Å². The van der Waals surface area contributed by atoms with Crippen LogP contribution in [0.3, 0.4) is 0 Å². The fourth-order valence-electron chi connectivity index (χ4n) is 2.29. The van der Waals surface area contributed by atoms with Gasteiger partial charge in [-0.15, -0.1) is 0 Å². The smallest absolute Gasteiger partial charge is 0.0757 e. The third kappa shape index (κ3) is 5.25. The highest BCUT2D eigenvalue weighted by Gasteiger charge is 2.30. The van der Waals surface area contributed by atoms with Crippen LogP contribution in [0.15, 0.2) is 0 Å². The number of nitrogens with zero attached hydrogens (tertiary/aromatic N) is 1. The van der Waals surface area contributed by atoms with Gasteiger partial charge >= 0.3 is 0 Å². The molecule has 0 radical (unpaired) electrons. The van der Waals surface area contributed by atoms with E-state index in [1.54, 1.807) is 7.11 Å². The van der Waals surface area contributed by atoms with Crippen LogP contribution in [0, 0.1) is 0 Å². The van der Waals surface area contributed by atoms with Crippen molar-refractivity contribution in [2.24, 2.45) is 0 Å². The maximum Gasteiger partial charge on any atom is 0.0757 e. The van der Waals surface area contributed by atoms with Crippen LogP contribution < -0.4 is 5.32 Å². The quantitative estimate of drug-likeness (QED) is 0.682. The third-order valence-corrected chi connectivity index (χ3v) is 2.73. The Labute approximate surface area is 99.3 Å². The summed E-state index contributed by atoms with van der Waals surface area (Å²) in [5.74, 6) is 0. The van der Waals surface area contributed by atoms with E-state index in [1.807, 2.05) is 0 Å². The summed E-state index contributed by atoms with van der Waals surface area (Å²) in [6.45, 7) is 12.3. The van der Waals surface area contributed by atoms with E-state index in [0.29, 0.717) is 6.10 Å². The van der Waals surface area contributed by atoms with E-state index in [-0.39, 0.29) is 5.60 Å². The molecule has 1 rings (SSSR count). The Balaban J connectivity index is 2.16. The number of methoxy groups -OCH3 is 1. The second-order valence-electron chi connectivity index (χ2n) is 5.17. The summed E-state index contributed by atoms with van der Waals surface area (Å²) in [7, 11) is 1.73. The highest BCUT2D eigenvalue weighted by molar-refractivity contribution is 4.82. The van der Waals surface area contributed by atoms with Crippen LogP contribution >= 0.6 is 0 Å². The molecule has 4 nitrogen and oxygen atoms in total. The van der Waals surface area contributed by atoms with Gasteiger partial charge in [-0.3, -0.25) is 4.90 Å². The van der Waals surface area contributed by atoms with Gasteiger partial charge in [-0.25, -0.2) is 0 Å². The molecule has 0 aromatic carbocycles. The van der Waals surface area contributed by atoms with Gasteiger partial charge in [-0.2, -0.15) is 0 Å². The van der Waals surface area contributed by atoms with Gasteiger partial charge in [0.05, 0.1) is 18.3 Å². The summed E-state index contributed by atoms with van der Waals surface area (Å²) in [5, 5.41) is 3.37. The van der Waals surface area contributed by atoms with Crippen LogP contribution in [-0.4, -0.2) is 63.0 Å². The van der Waals surface area contributed by atoms with E-state index in [9.17, 15) is 0 Å². The molecule has 0 amide bonds. The average Bonchev–Trinajstić information content (AvgIpc) is 2.14. The summed E-state index contributed by atoms with van der Waals surface area (Å²) < 4.78 is 10.9. The van der Waals surface area contributed by atoms with Crippen LogP contribution in [0.4, 0.5) is 0 Å².